The van der Waals surface area contributed by atoms with Crippen LogP contribution in [0.4, 0.5) is 5.69 Å². The summed E-state index contributed by atoms with van der Waals surface area (Å²) < 4.78 is 30.0. The van der Waals surface area contributed by atoms with Gasteiger partial charge in [0.25, 0.3) is 5.91 Å². The van der Waals surface area contributed by atoms with Gasteiger partial charge in [0.15, 0.2) is 12.6 Å². The van der Waals surface area contributed by atoms with Gasteiger partial charge in [-0.15, -0.1) is 0 Å². The van der Waals surface area contributed by atoms with E-state index in [1.165, 1.54) is 70.3 Å². The molecule has 0 bridgehead atoms. The van der Waals surface area contributed by atoms with E-state index in [-0.39, 0.29) is 24.9 Å². The largest absolute Gasteiger partial charge is 0.422 e. The zero-order valence-electron chi connectivity index (χ0n) is 38.1. The van der Waals surface area contributed by atoms with E-state index in [2.05, 4.69) is 17.1 Å². The Kier molecular flexibility index (Phi) is 21.5. The van der Waals surface area contributed by atoms with Crippen molar-refractivity contribution >= 4 is 34.3 Å². The molecule has 1 aliphatic carbocycles. The van der Waals surface area contributed by atoms with E-state index in [0.29, 0.717) is 16.7 Å². The second-order valence-corrected chi connectivity index (χ2v) is 19.0. The maximum absolute atomic E-state index is 13.2. The second kappa shape index (κ2) is 26.2. The summed E-state index contributed by atoms with van der Waals surface area (Å²) >= 11 is 1.65. The molecule has 18 heteroatoms. The van der Waals surface area contributed by atoms with Gasteiger partial charge in [0.05, 0.1) is 30.4 Å². The van der Waals surface area contributed by atoms with E-state index in [4.69, 9.17) is 46.3 Å². The Morgan fingerprint density at radius 3 is 1.97 bits per heavy atom. The van der Waals surface area contributed by atoms with Crippen LogP contribution in [0.15, 0.2) is 33.5 Å². The molecule has 3 fully saturated rings. The average Bonchev–Trinajstić information content (AvgIpc) is 3.27. The van der Waals surface area contributed by atoms with Crippen molar-refractivity contribution in [3.05, 3.63) is 40.2 Å². The van der Waals surface area contributed by atoms with Crippen LogP contribution in [0, 0.1) is 0 Å². The van der Waals surface area contributed by atoms with Crippen molar-refractivity contribution in [2.45, 2.75) is 196 Å². The first-order valence-corrected chi connectivity index (χ1v) is 25.0. The van der Waals surface area contributed by atoms with Gasteiger partial charge in [-0.2, -0.15) is 11.8 Å². The summed E-state index contributed by atoms with van der Waals surface area (Å²) in [5.41, 5.74) is 25.8. The van der Waals surface area contributed by atoms with Crippen molar-refractivity contribution in [1.29, 1.82) is 0 Å². The normalized spacial score (nSPS) is 32.2. The molecule has 3 heterocycles. The number of aliphatic hydroxyl groups excluding tert-OH is 4. The van der Waals surface area contributed by atoms with E-state index in [1.54, 1.807) is 23.9 Å². The van der Waals surface area contributed by atoms with Crippen molar-refractivity contribution < 1.29 is 48.6 Å². The van der Waals surface area contributed by atoms with Gasteiger partial charge >= 0.3 is 5.63 Å². The number of benzene rings is 1. The number of hydrogen-bond donors (Lipinski definition) is 9. The van der Waals surface area contributed by atoms with Crippen LogP contribution in [0.2, 0.25) is 0 Å². The molecule has 0 spiro atoms. The number of hydrogen-bond acceptors (Lipinski definition) is 17. The number of ether oxygens (including phenoxy) is 4. The summed E-state index contributed by atoms with van der Waals surface area (Å²) in [4.78, 5) is 28.3. The van der Waals surface area contributed by atoms with Crippen LogP contribution in [0.1, 0.15) is 121 Å². The lowest BCUT2D eigenvalue weighted by molar-refractivity contribution is -0.310. The topological polar surface area (TPSA) is 284 Å². The molecule has 1 saturated carbocycles. The maximum atomic E-state index is 13.2. The van der Waals surface area contributed by atoms with Gasteiger partial charge in [-0.05, 0) is 57.1 Å². The molecule has 1 amide bonds. The van der Waals surface area contributed by atoms with Gasteiger partial charge in [-0.25, -0.2) is 4.79 Å². The number of nitrogens with two attached hydrogens (primary N) is 4. The van der Waals surface area contributed by atoms with Gasteiger partial charge in [-0.1, -0.05) is 77.6 Å². The third kappa shape index (κ3) is 14.3. The number of fused-ring (bicyclic) bond motifs is 1. The Balaban J connectivity index is 1.10. The molecule has 1 aromatic carbocycles. The highest BCUT2D eigenvalue weighted by atomic mass is 32.2. The lowest BCUT2D eigenvalue weighted by Crippen LogP contribution is -2.68. The minimum Gasteiger partial charge on any atom is -0.422 e. The molecule has 5 rings (SSSR count). The van der Waals surface area contributed by atoms with E-state index in [1.807, 2.05) is 19.9 Å². The molecule has 2 aromatic rings. The van der Waals surface area contributed by atoms with Crippen LogP contribution in [-0.2, 0) is 18.9 Å². The second-order valence-electron chi connectivity index (χ2n) is 17.9. The Bertz CT molecular complexity index is 1760. The van der Waals surface area contributed by atoms with Crippen molar-refractivity contribution in [3.63, 3.8) is 0 Å². The summed E-state index contributed by atoms with van der Waals surface area (Å²) in [7, 11) is 0. The predicted molar refractivity (Wildman–Crippen MR) is 249 cm³/mol. The number of carbonyl (C=O) groups excluding carboxylic acids is 1. The molecule has 6 unspecified atom stereocenters. The number of nitrogens with zero attached hydrogens (tertiary/aromatic N) is 1. The minimum absolute atomic E-state index is 0.0245. The fraction of sp³-hybridized carbons (Fsp3) is 0.783. The zero-order valence-corrected chi connectivity index (χ0v) is 39.0. The molecule has 14 atom stereocenters. The monoisotopic (exact) mass is 923 g/mol. The van der Waals surface area contributed by atoms with E-state index < -0.39 is 97.1 Å². The number of aliphatic hydroxyl groups is 4. The van der Waals surface area contributed by atoms with Gasteiger partial charge in [0.1, 0.15) is 41.7 Å². The van der Waals surface area contributed by atoms with Crippen LogP contribution in [0.3, 0.4) is 0 Å². The van der Waals surface area contributed by atoms with Crippen molar-refractivity contribution in [2.24, 2.45) is 22.9 Å². The van der Waals surface area contributed by atoms with Gasteiger partial charge < -0.3 is 76.9 Å². The van der Waals surface area contributed by atoms with Crippen LogP contribution < -0.4 is 38.8 Å². The molecule has 0 radical (unpaired) electrons. The zero-order chi connectivity index (χ0) is 46.3. The molecule has 64 heavy (non-hydrogen) atoms. The third-order valence-corrected chi connectivity index (χ3v) is 14.1. The average molecular weight is 923 g/mol. The van der Waals surface area contributed by atoms with Crippen molar-refractivity contribution in [3.8, 4) is 0 Å². The highest BCUT2D eigenvalue weighted by molar-refractivity contribution is 7.99. The Labute approximate surface area is 382 Å². The Hall–Kier alpha value is -2.43. The van der Waals surface area contributed by atoms with E-state index in [0.717, 1.165) is 37.4 Å². The summed E-state index contributed by atoms with van der Waals surface area (Å²) in [6.45, 7) is 7.65. The number of nitrogens with one attached hydrogen (secondary N) is 1. The van der Waals surface area contributed by atoms with Crippen molar-refractivity contribution in [2.75, 3.05) is 36.0 Å². The summed E-state index contributed by atoms with van der Waals surface area (Å²) in [6, 6.07) is 3.43. The lowest BCUT2D eigenvalue weighted by atomic mass is 9.84. The molecule has 1 aromatic heterocycles. The van der Waals surface area contributed by atoms with Crippen molar-refractivity contribution in [1.82, 2.24) is 5.32 Å². The SMILES string of the molecule is CCCCCCCCCCCCCCSCC1OC(O[C@@H]2C(N)CC(N)[C@@H](OC3OC(CNC(=O)c4cc5ccc(N(CC)CC)cc5oc4=O)[C@@H](O)C[C@@H]3N)[C@@H]2O)[C@H](O)[C@H](N)[C@H]1O. The first-order chi connectivity index (χ1) is 30.8. The van der Waals surface area contributed by atoms with Gasteiger partial charge in [-0.3, -0.25) is 4.79 Å². The predicted octanol–water partition coefficient (Wildman–Crippen LogP) is 2.57. The minimum atomic E-state index is -1.44. The molecule has 13 N–H and O–H groups in total. The molecule has 17 nitrogen and oxygen atoms in total. The third-order valence-electron chi connectivity index (χ3n) is 13.0. The van der Waals surface area contributed by atoms with Gasteiger partial charge in [0, 0.05) is 54.6 Å². The Morgan fingerprint density at radius 1 is 0.750 bits per heavy atom. The molecule has 2 aliphatic heterocycles. The summed E-state index contributed by atoms with van der Waals surface area (Å²) in [5.74, 6) is 0.615. The number of amides is 1. The fourth-order valence-corrected chi connectivity index (χ4v) is 10.0. The van der Waals surface area contributed by atoms with E-state index in [9.17, 15) is 30.0 Å². The van der Waals surface area contributed by atoms with Crippen LogP contribution in [0.5, 0.6) is 0 Å². The van der Waals surface area contributed by atoms with Crippen LogP contribution >= 0.6 is 11.8 Å². The van der Waals surface area contributed by atoms with Gasteiger partial charge in [0.2, 0.25) is 0 Å². The Morgan fingerprint density at radius 2 is 1.34 bits per heavy atom. The number of unbranched alkanes of at least 4 members (excludes halogenated alkanes) is 11. The first-order valence-electron chi connectivity index (χ1n) is 23.8. The number of thioether (sulfide) groups is 1. The van der Waals surface area contributed by atoms with Crippen LogP contribution in [-0.4, -0.2) is 143 Å². The fourth-order valence-electron chi connectivity index (χ4n) is 8.96. The quantitative estimate of drug-likeness (QED) is 0.0511. The highest BCUT2D eigenvalue weighted by Crippen LogP contribution is 2.32. The summed E-state index contributed by atoms with van der Waals surface area (Å²) in [5, 5.41) is 47.7. The number of anilines is 1. The number of carbonyl (C=O) groups is 1. The summed E-state index contributed by atoms with van der Waals surface area (Å²) in [6.07, 6.45) is 3.88. The first kappa shape index (κ1) is 52.5. The van der Waals surface area contributed by atoms with Crippen LogP contribution in [0.25, 0.3) is 11.0 Å². The molecule has 2 saturated heterocycles. The lowest BCUT2D eigenvalue weighted by Gasteiger charge is -2.48. The van der Waals surface area contributed by atoms with E-state index >= 15 is 0 Å². The standard InChI is InChI=1S/C46H78N6O11S/c1-4-7-8-9-10-11-12-13-14-15-16-17-20-64-26-36-38(54)37(50)39(55)46(61-36)63-42-31(48)23-30(47)41(40(42)56)62-45-32(49)24-33(53)35(60-45)25-51-43(57)29-21-27-18-19-28(52(5-2)6-3)22-34(27)59-44(29)58/h18-19,21-22,30-33,35-42,45-46,53-56H,4-17,20,23-26,47-50H2,1-3H3,(H,51,57)/t30?,31?,32-,33-,35?,36?,37+,38-,39+,40-,41+,42+,45?,46?/m0/s1. The molecule has 364 valence electrons. The number of rotatable bonds is 25. The highest BCUT2D eigenvalue weighted by Gasteiger charge is 2.50. The molecular weight excluding hydrogens is 845 g/mol. The molecule has 3 aliphatic rings. The molecular formula is C46H78N6O11S. The maximum Gasteiger partial charge on any atom is 0.349 e. The smallest absolute Gasteiger partial charge is 0.349 e.